The summed E-state index contributed by atoms with van der Waals surface area (Å²) in [5.74, 6) is 0.459. The molecule has 1 heterocycles. The van der Waals surface area contributed by atoms with Crippen LogP contribution < -0.4 is 10.3 Å². The molecule has 4 nitrogen and oxygen atoms in total. The van der Waals surface area contributed by atoms with Crippen molar-refractivity contribution in [3.8, 4) is 6.07 Å². The minimum atomic E-state index is 0.365. The average Bonchev–Trinajstić information content (AvgIpc) is 2.38. The molecule has 1 aliphatic rings. The summed E-state index contributed by atoms with van der Waals surface area (Å²) in [6, 6.07) is 2.21. The second-order valence-corrected chi connectivity index (χ2v) is 5.06. The molecule has 0 spiro atoms. The summed E-state index contributed by atoms with van der Waals surface area (Å²) >= 11 is 6.23. The standard InChI is InChI=1S/C14H15ClN4/c1-8-6-11(7-16)4-5-12(8)19-10(3)9(2)13(17)18-14(19)15/h6,17H,4-5H2,1-3H3/p+1. The van der Waals surface area contributed by atoms with Gasteiger partial charge in [-0.25, -0.2) is 0 Å². The summed E-state index contributed by atoms with van der Waals surface area (Å²) in [5.41, 5.74) is 10.7. The van der Waals surface area contributed by atoms with Crippen molar-refractivity contribution in [2.75, 3.05) is 5.73 Å². The van der Waals surface area contributed by atoms with Gasteiger partial charge in [0.2, 0.25) is 5.82 Å². The van der Waals surface area contributed by atoms with Crippen LogP contribution in [0.5, 0.6) is 0 Å². The summed E-state index contributed by atoms with van der Waals surface area (Å²) in [5, 5.41) is 9.32. The van der Waals surface area contributed by atoms with E-state index in [0.29, 0.717) is 11.1 Å². The number of hydrogen-bond acceptors (Lipinski definition) is 3. The molecule has 0 fully saturated rings. The number of halogens is 1. The normalized spacial score (nSPS) is 15.2. The lowest BCUT2D eigenvalue weighted by Crippen LogP contribution is -2.40. The second kappa shape index (κ2) is 5.02. The molecule has 0 bridgehead atoms. The maximum Gasteiger partial charge on any atom is 0.403 e. The molecule has 19 heavy (non-hydrogen) atoms. The molecule has 0 aromatic carbocycles. The number of hydrogen-bond donors (Lipinski definition) is 1. The lowest BCUT2D eigenvalue weighted by Gasteiger charge is -2.16. The molecule has 1 aromatic heterocycles. The summed E-state index contributed by atoms with van der Waals surface area (Å²) in [7, 11) is 0. The van der Waals surface area contributed by atoms with Gasteiger partial charge in [0, 0.05) is 23.6 Å². The van der Waals surface area contributed by atoms with Crippen molar-refractivity contribution in [2.45, 2.75) is 33.6 Å². The maximum absolute atomic E-state index is 8.95. The van der Waals surface area contributed by atoms with E-state index in [4.69, 9.17) is 22.6 Å². The van der Waals surface area contributed by atoms with Crippen LogP contribution in [0.25, 0.3) is 5.70 Å². The SMILES string of the molecule is CC1=C([n+]2c(Cl)nc(N)c(C)c2C)CCC(C#N)=C1. The van der Waals surface area contributed by atoms with Crippen LogP contribution in [0.1, 0.15) is 31.0 Å². The molecule has 1 aromatic rings. The molecule has 0 atom stereocenters. The molecule has 0 radical (unpaired) electrons. The minimum Gasteiger partial charge on any atom is -0.363 e. The maximum atomic E-state index is 8.95. The highest BCUT2D eigenvalue weighted by Crippen LogP contribution is 2.26. The summed E-state index contributed by atoms with van der Waals surface area (Å²) in [4.78, 5) is 4.17. The van der Waals surface area contributed by atoms with Gasteiger partial charge < -0.3 is 5.73 Å². The van der Waals surface area contributed by atoms with E-state index >= 15 is 0 Å². The number of nitrogen functional groups attached to an aromatic ring is 1. The van der Waals surface area contributed by atoms with Crippen molar-refractivity contribution < 1.29 is 4.57 Å². The summed E-state index contributed by atoms with van der Waals surface area (Å²) in [6.07, 6.45) is 3.42. The van der Waals surface area contributed by atoms with Gasteiger partial charge in [0.1, 0.15) is 11.4 Å². The first-order chi connectivity index (χ1) is 8.95. The largest absolute Gasteiger partial charge is 0.403 e. The molecule has 0 saturated heterocycles. The van der Waals surface area contributed by atoms with Crippen LogP contribution >= 0.6 is 11.6 Å². The van der Waals surface area contributed by atoms with E-state index in [1.165, 1.54) is 0 Å². The molecule has 0 aliphatic heterocycles. The molecule has 2 rings (SSSR count). The highest BCUT2D eigenvalue weighted by Gasteiger charge is 2.25. The molecule has 0 saturated carbocycles. The Morgan fingerprint density at radius 2 is 2.05 bits per heavy atom. The first-order valence-corrected chi connectivity index (χ1v) is 6.48. The van der Waals surface area contributed by atoms with E-state index in [1.807, 2.05) is 31.4 Å². The zero-order chi connectivity index (χ0) is 14.2. The van der Waals surface area contributed by atoms with Gasteiger partial charge >= 0.3 is 5.28 Å². The lowest BCUT2D eigenvalue weighted by atomic mass is 9.97. The first kappa shape index (κ1) is 13.6. The molecular weight excluding hydrogens is 260 g/mol. The fraction of sp³-hybridized carbons (Fsp3) is 0.357. The van der Waals surface area contributed by atoms with Crippen LogP contribution in [-0.4, -0.2) is 4.98 Å². The van der Waals surface area contributed by atoms with Gasteiger partial charge in [-0.2, -0.15) is 9.83 Å². The van der Waals surface area contributed by atoms with Gasteiger partial charge in [0.15, 0.2) is 0 Å². The zero-order valence-electron chi connectivity index (χ0n) is 11.3. The number of nitrogens with zero attached hydrogens (tertiary/aromatic N) is 3. The van der Waals surface area contributed by atoms with E-state index in [2.05, 4.69) is 11.1 Å². The average molecular weight is 276 g/mol. The zero-order valence-corrected chi connectivity index (χ0v) is 12.0. The number of anilines is 1. The minimum absolute atomic E-state index is 0.365. The van der Waals surface area contributed by atoms with Crippen LogP contribution in [0.4, 0.5) is 5.82 Å². The van der Waals surface area contributed by atoms with Gasteiger partial charge in [0.25, 0.3) is 0 Å². The van der Waals surface area contributed by atoms with Gasteiger partial charge in [-0.05, 0) is 43.8 Å². The van der Waals surface area contributed by atoms with Gasteiger partial charge in [-0.15, -0.1) is 0 Å². The Bertz CT molecular complexity index is 650. The molecule has 0 amide bonds. The number of rotatable bonds is 1. The third kappa shape index (κ3) is 2.34. The Hall–Kier alpha value is -1.86. The Balaban J connectivity index is 2.65. The topological polar surface area (TPSA) is 66.6 Å². The molecule has 2 N–H and O–H groups in total. The van der Waals surface area contributed by atoms with Crippen molar-refractivity contribution in [2.24, 2.45) is 0 Å². The molecule has 1 aliphatic carbocycles. The molecule has 0 unspecified atom stereocenters. The van der Waals surface area contributed by atoms with Crippen LogP contribution in [0.15, 0.2) is 17.2 Å². The number of nitriles is 1. The van der Waals surface area contributed by atoms with Crippen LogP contribution in [0, 0.1) is 25.2 Å². The Morgan fingerprint density at radius 3 is 2.63 bits per heavy atom. The van der Waals surface area contributed by atoms with Gasteiger partial charge in [-0.1, -0.05) is 0 Å². The van der Waals surface area contributed by atoms with Gasteiger partial charge in [-0.3, -0.25) is 0 Å². The van der Waals surface area contributed by atoms with Crippen molar-refractivity contribution in [1.82, 2.24) is 4.98 Å². The van der Waals surface area contributed by atoms with Crippen LogP contribution in [0.2, 0.25) is 5.28 Å². The van der Waals surface area contributed by atoms with E-state index in [1.54, 1.807) is 0 Å². The predicted molar refractivity (Wildman–Crippen MR) is 75.1 cm³/mol. The van der Waals surface area contributed by atoms with Crippen LogP contribution in [0.3, 0.4) is 0 Å². The summed E-state index contributed by atoms with van der Waals surface area (Å²) in [6.45, 7) is 5.89. The third-order valence-electron chi connectivity index (χ3n) is 3.55. The smallest absolute Gasteiger partial charge is 0.363 e. The van der Waals surface area contributed by atoms with Crippen molar-refractivity contribution in [1.29, 1.82) is 5.26 Å². The fourth-order valence-electron chi connectivity index (χ4n) is 2.28. The van der Waals surface area contributed by atoms with E-state index in [-0.39, 0.29) is 0 Å². The number of allylic oxidation sites excluding steroid dienone is 4. The number of aromatic nitrogens is 2. The molecular formula is C14H16ClN4+. The third-order valence-corrected chi connectivity index (χ3v) is 3.80. The van der Waals surface area contributed by atoms with Crippen LogP contribution in [-0.2, 0) is 0 Å². The lowest BCUT2D eigenvalue weighted by molar-refractivity contribution is -0.592. The molecule has 5 heteroatoms. The van der Waals surface area contributed by atoms with E-state index < -0.39 is 0 Å². The first-order valence-electron chi connectivity index (χ1n) is 6.10. The van der Waals surface area contributed by atoms with E-state index in [0.717, 1.165) is 40.9 Å². The van der Waals surface area contributed by atoms with Crippen molar-refractivity contribution in [3.05, 3.63) is 33.8 Å². The van der Waals surface area contributed by atoms with Crippen molar-refractivity contribution >= 4 is 23.1 Å². The van der Waals surface area contributed by atoms with E-state index in [9.17, 15) is 0 Å². The fourth-order valence-corrected chi connectivity index (χ4v) is 2.60. The Labute approximate surface area is 117 Å². The Morgan fingerprint density at radius 1 is 1.37 bits per heavy atom. The monoisotopic (exact) mass is 275 g/mol. The highest BCUT2D eigenvalue weighted by atomic mass is 35.5. The quantitative estimate of drug-likeness (QED) is 0.633. The predicted octanol–water partition coefficient (Wildman–Crippen LogP) is 2.70. The second-order valence-electron chi connectivity index (χ2n) is 4.72. The number of nitrogens with two attached hydrogens (primary N) is 1. The van der Waals surface area contributed by atoms with Gasteiger partial charge in [0.05, 0.1) is 11.6 Å². The summed E-state index contributed by atoms with van der Waals surface area (Å²) < 4.78 is 1.92. The highest BCUT2D eigenvalue weighted by molar-refractivity contribution is 6.27. The molecule has 98 valence electrons. The Kier molecular flexibility index (Phi) is 3.59. The van der Waals surface area contributed by atoms with Crippen molar-refractivity contribution in [3.63, 3.8) is 0 Å².